The van der Waals surface area contributed by atoms with Crippen molar-refractivity contribution in [3.8, 4) is 0 Å². The molecule has 212 valence electrons. The number of ketones is 1. The van der Waals surface area contributed by atoms with Crippen LogP contribution in [0.1, 0.15) is 52.5 Å². The lowest BCUT2D eigenvalue weighted by Gasteiger charge is -2.33. The second-order valence-electron chi connectivity index (χ2n) is 9.10. The van der Waals surface area contributed by atoms with Gasteiger partial charge in [0.05, 0.1) is 17.9 Å². The van der Waals surface area contributed by atoms with Crippen molar-refractivity contribution < 1.29 is 43.3 Å². The first-order valence-electron chi connectivity index (χ1n) is 12.7. The van der Waals surface area contributed by atoms with Crippen molar-refractivity contribution in [1.82, 2.24) is 10.3 Å². The Bertz CT molecular complexity index is 1210. The Morgan fingerprint density at radius 1 is 1.00 bits per heavy atom. The maximum Gasteiger partial charge on any atom is 0.430 e. The van der Waals surface area contributed by atoms with Crippen molar-refractivity contribution in [3.63, 3.8) is 0 Å². The van der Waals surface area contributed by atoms with Crippen molar-refractivity contribution in [1.29, 1.82) is 0 Å². The number of hydrogen-bond donors (Lipinski definition) is 2. The van der Waals surface area contributed by atoms with Gasteiger partial charge >= 0.3 is 18.0 Å². The third-order valence-corrected chi connectivity index (χ3v) is 6.10. The van der Waals surface area contributed by atoms with E-state index in [0.717, 1.165) is 0 Å². The van der Waals surface area contributed by atoms with E-state index in [4.69, 9.17) is 19.3 Å². The van der Waals surface area contributed by atoms with Gasteiger partial charge in [-0.15, -0.1) is 0 Å². The van der Waals surface area contributed by atoms with Crippen LogP contribution < -0.4 is 5.43 Å². The van der Waals surface area contributed by atoms with Gasteiger partial charge in [0.15, 0.2) is 5.78 Å². The van der Waals surface area contributed by atoms with Gasteiger partial charge in [-0.25, -0.2) is 19.8 Å². The summed E-state index contributed by atoms with van der Waals surface area (Å²) in [7, 11) is 0. The van der Waals surface area contributed by atoms with Crippen LogP contribution in [-0.2, 0) is 23.8 Å². The van der Waals surface area contributed by atoms with Crippen LogP contribution in [0, 0.1) is 5.92 Å². The molecule has 0 aliphatic carbocycles. The molecule has 2 N–H and O–H groups in total. The van der Waals surface area contributed by atoms with Gasteiger partial charge in [0.25, 0.3) is 0 Å². The van der Waals surface area contributed by atoms with Gasteiger partial charge in [-0.2, -0.15) is 5.10 Å². The van der Waals surface area contributed by atoms with Crippen molar-refractivity contribution >= 4 is 35.9 Å². The summed E-state index contributed by atoms with van der Waals surface area (Å²) in [5, 5.41) is 12.5. The molecule has 0 saturated carbocycles. The number of piperidine rings is 1. The van der Waals surface area contributed by atoms with Crippen LogP contribution in [0.4, 0.5) is 4.79 Å². The van der Waals surface area contributed by atoms with E-state index >= 15 is 0 Å². The lowest BCUT2D eigenvalue weighted by molar-refractivity contribution is -0.147. The van der Waals surface area contributed by atoms with E-state index in [1.54, 1.807) is 66.4 Å². The topological polar surface area (TPSA) is 161 Å². The first kappa shape index (κ1) is 30.0. The molecule has 12 heteroatoms. The summed E-state index contributed by atoms with van der Waals surface area (Å²) in [6.45, 7) is 1.69. The number of carbonyl (C=O) groups is 5. The highest BCUT2D eigenvalue weighted by atomic mass is 16.7. The number of aliphatic carboxylic acids is 1. The fraction of sp³-hybridized carbons (Fsp3) is 0.357. The largest absolute Gasteiger partial charge is 0.480 e. The number of nitrogens with one attached hydrogen (secondary N) is 1. The molecule has 40 heavy (non-hydrogen) atoms. The van der Waals surface area contributed by atoms with Crippen molar-refractivity contribution in [3.05, 3.63) is 71.3 Å². The first-order valence-corrected chi connectivity index (χ1v) is 12.7. The summed E-state index contributed by atoms with van der Waals surface area (Å²) < 4.78 is 14.9. The highest BCUT2D eigenvalue weighted by Crippen LogP contribution is 2.19. The number of likely N-dealkylation sites (tertiary alicyclic amines) is 1. The summed E-state index contributed by atoms with van der Waals surface area (Å²) in [6.07, 6.45) is 1.39. The van der Waals surface area contributed by atoms with Crippen molar-refractivity contribution in [2.45, 2.75) is 32.3 Å². The van der Waals surface area contributed by atoms with Crippen LogP contribution in [0.5, 0.6) is 0 Å². The molecule has 1 heterocycles. The van der Waals surface area contributed by atoms with Crippen molar-refractivity contribution in [2.75, 3.05) is 26.5 Å². The number of ether oxygens (including phenoxy) is 3. The van der Waals surface area contributed by atoms with Gasteiger partial charge in [-0.3, -0.25) is 9.59 Å². The number of amides is 2. The van der Waals surface area contributed by atoms with Gasteiger partial charge in [0.2, 0.25) is 12.7 Å². The first-order chi connectivity index (χ1) is 19.2. The Balaban J connectivity index is 1.37. The molecule has 0 spiro atoms. The third-order valence-electron chi connectivity index (χ3n) is 6.10. The number of carbonyl (C=O) groups excluding carboxylic acids is 4. The Labute approximate surface area is 230 Å². The Hall–Kier alpha value is -4.58. The zero-order valence-corrected chi connectivity index (χ0v) is 22.0. The molecule has 1 aliphatic rings. The summed E-state index contributed by atoms with van der Waals surface area (Å²) in [4.78, 5) is 61.3. The van der Waals surface area contributed by atoms with E-state index in [1.807, 2.05) is 0 Å². The summed E-state index contributed by atoms with van der Waals surface area (Å²) in [5.41, 5.74) is 3.51. The lowest BCUT2D eigenvalue weighted by atomic mass is 9.97. The molecule has 1 aliphatic heterocycles. The maximum atomic E-state index is 12.8. The number of benzene rings is 2. The average Bonchev–Trinajstić information content (AvgIpc) is 2.96. The van der Waals surface area contributed by atoms with E-state index < -0.39 is 30.7 Å². The fourth-order valence-electron chi connectivity index (χ4n) is 3.97. The van der Waals surface area contributed by atoms with Crippen LogP contribution >= 0.6 is 0 Å². The predicted molar refractivity (Wildman–Crippen MR) is 142 cm³/mol. The minimum atomic E-state index is -1.02. The van der Waals surface area contributed by atoms with Crippen LogP contribution in [-0.4, -0.2) is 78.5 Å². The van der Waals surface area contributed by atoms with Crippen LogP contribution in [0.25, 0.3) is 0 Å². The van der Waals surface area contributed by atoms with E-state index in [-0.39, 0.29) is 30.8 Å². The molecule has 0 unspecified atom stereocenters. The van der Waals surface area contributed by atoms with E-state index in [2.05, 4.69) is 10.5 Å². The summed E-state index contributed by atoms with van der Waals surface area (Å²) in [6, 6.07) is 14.7. The minimum absolute atomic E-state index is 0.0456. The van der Waals surface area contributed by atoms with Crippen LogP contribution in [0.3, 0.4) is 0 Å². The summed E-state index contributed by atoms with van der Waals surface area (Å²) in [5.74, 6) is -2.47. The minimum Gasteiger partial charge on any atom is -0.480 e. The highest BCUT2D eigenvalue weighted by Gasteiger charge is 2.28. The fourth-order valence-corrected chi connectivity index (χ4v) is 3.97. The molecule has 1 atom stereocenters. The number of hydrazone groups is 1. The van der Waals surface area contributed by atoms with E-state index in [9.17, 15) is 24.0 Å². The van der Waals surface area contributed by atoms with Crippen molar-refractivity contribution in [2.24, 2.45) is 11.0 Å². The normalized spacial score (nSPS) is 14.4. The Morgan fingerprint density at radius 2 is 1.68 bits per heavy atom. The molecule has 2 aromatic carbocycles. The quantitative estimate of drug-likeness (QED) is 0.132. The van der Waals surface area contributed by atoms with Gasteiger partial charge in [0, 0.05) is 31.0 Å². The molecule has 0 radical (unpaired) electrons. The number of nitrogens with zero attached hydrogens (tertiary/aromatic N) is 2. The molecule has 3 rings (SSSR count). The number of carboxylic acids is 1. The second kappa shape index (κ2) is 15.1. The average molecular weight is 554 g/mol. The Kier molecular flexibility index (Phi) is 11.3. The highest BCUT2D eigenvalue weighted by molar-refractivity contribution is 5.99. The van der Waals surface area contributed by atoms with Crippen LogP contribution in [0.2, 0.25) is 0 Å². The summed E-state index contributed by atoms with van der Waals surface area (Å²) >= 11 is 0. The van der Waals surface area contributed by atoms with Gasteiger partial charge < -0.3 is 24.2 Å². The zero-order valence-electron chi connectivity index (χ0n) is 22.0. The number of carboxylic acid groups (broad SMARTS) is 1. The smallest absolute Gasteiger partial charge is 0.430 e. The predicted octanol–water partition coefficient (Wildman–Crippen LogP) is 2.86. The number of esters is 1. The monoisotopic (exact) mass is 553 g/mol. The zero-order chi connectivity index (χ0) is 28.9. The molecule has 1 fully saturated rings. The SMILES string of the molecule is C[C@H](CC(=O)c1ccc(C=NNC(=O)OCOC(=O)c2ccccc2)cc1)C(=O)N1CCC(OCC(=O)O)CC1. The molecule has 0 bridgehead atoms. The second-order valence-corrected chi connectivity index (χ2v) is 9.10. The molecule has 2 aromatic rings. The molecule has 2 amide bonds. The molecular formula is C28H31N3O9. The molecule has 1 saturated heterocycles. The molecule has 0 aromatic heterocycles. The van der Waals surface area contributed by atoms with E-state index in [0.29, 0.717) is 42.6 Å². The lowest BCUT2D eigenvalue weighted by Crippen LogP contribution is -2.43. The van der Waals surface area contributed by atoms with E-state index in [1.165, 1.54) is 6.21 Å². The number of rotatable bonds is 12. The van der Waals surface area contributed by atoms with Gasteiger partial charge in [0.1, 0.15) is 6.61 Å². The third kappa shape index (κ3) is 9.62. The van der Waals surface area contributed by atoms with Gasteiger partial charge in [-0.1, -0.05) is 49.4 Å². The molecular weight excluding hydrogens is 522 g/mol. The van der Waals surface area contributed by atoms with Crippen LogP contribution in [0.15, 0.2) is 59.7 Å². The molecule has 12 nitrogen and oxygen atoms in total. The van der Waals surface area contributed by atoms with Gasteiger partial charge in [-0.05, 0) is 30.5 Å². The maximum absolute atomic E-state index is 12.8. The number of hydrogen-bond acceptors (Lipinski definition) is 9. The number of Topliss-reactive ketones (excluding diaryl/α,β-unsaturated/α-hetero) is 1. The Morgan fingerprint density at radius 3 is 2.33 bits per heavy atom. The standard InChI is InChI=1S/C28H31N3O9/c1-19(26(35)31-13-11-23(12-14-31)38-17-25(33)34)15-24(32)21-9-7-20(8-10-21)16-29-30-28(37)40-18-39-27(36)22-5-3-2-4-6-22/h2-10,16,19,23H,11-15,17-18H2,1H3,(H,30,37)(H,33,34)/t19-/m1/s1.